The number of amides is 1. The highest BCUT2D eigenvalue weighted by Crippen LogP contribution is 2.23. The van der Waals surface area contributed by atoms with Gasteiger partial charge in [0.25, 0.3) is 0 Å². The quantitative estimate of drug-likeness (QED) is 0.917. The molecule has 2 aromatic rings. The zero-order valence-electron chi connectivity index (χ0n) is 14.6. The number of benzene rings is 1. The Morgan fingerprint density at radius 2 is 1.83 bits per heavy atom. The van der Waals surface area contributed by atoms with Crippen LogP contribution in [0.1, 0.15) is 46.0 Å². The summed E-state index contributed by atoms with van der Waals surface area (Å²) in [5.74, 6) is 0.455. The summed E-state index contributed by atoms with van der Waals surface area (Å²) in [5.41, 5.74) is 1.65. The SMILES string of the molecule is CCCn1c(=O)n(CC(=O)N[C@@H]2CCCC[C@@H]2C)c2ccccc21. The third-order valence-electron chi connectivity index (χ3n) is 5.13. The number of fused-ring (bicyclic) bond motifs is 1. The van der Waals surface area contributed by atoms with E-state index in [1.807, 2.05) is 24.3 Å². The molecular formula is C19H27N3O2. The predicted octanol–water partition coefficient (Wildman–Crippen LogP) is 2.91. The monoisotopic (exact) mass is 329 g/mol. The number of imidazole rings is 1. The van der Waals surface area contributed by atoms with Gasteiger partial charge in [0.1, 0.15) is 6.54 Å². The largest absolute Gasteiger partial charge is 0.352 e. The second-order valence-corrected chi connectivity index (χ2v) is 6.94. The van der Waals surface area contributed by atoms with Crippen LogP contribution in [0.3, 0.4) is 0 Å². The molecule has 0 radical (unpaired) electrons. The molecule has 1 N–H and O–H groups in total. The van der Waals surface area contributed by atoms with E-state index in [2.05, 4.69) is 19.2 Å². The van der Waals surface area contributed by atoms with Gasteiger partial charge in [-0.05, 0) is 37.3 Å². The Kier molecular flexibility index (Phi) is 5.07. The van der Waals surface area contributed by atoms with Gasteiger partial charge in [0.05, 0.1) is 11.0 Å². The fraction of sp³-hybridized carbons (Fsp3) is 0.579. The van der Waals surface area contributed by atoms with Crippen molar-refractivity contribution in [2.45, 2.75) is 65.1 Å². The minimum atomic E-state index is -0.0927. The predicted molar refractivity (Wildman–Crippen MR) is 96.1 cm³/mol. The zero-order chi connectivity index (χ0) is 17.1. The Morgan fingerprint density at radius 3 is 2.50 bits per heavy atom. The molecule has 0 aliphatic heterocycles. The van der Waals surface area contributed by atoms with Crippen molar-refractivity contribution in [2.75, 3.05) is 0 Å². The highest BCUT2D eigenvalue weighted by atomic mass is 16.2. The number of hydrogen-bond donors (Lipinski definition) is 1. The molecule has 3 rings (SSSR count). The molecule has 24 heavy (non-hydrogen) atoms. The summed E-state index contributed by atoms with van der Waals surface area (Å²) in [5, 5.41) is 3.14. The van der Waals surface area contributed by atoms with Crippen molar-refractivity contribution in [1.82, 2.24) is 14.5 Å². The fourth-order valence-corrected chi connectivity index (χ4v) is 3.79. The van der Waals surface area contributed by atoms with Crippen LogP contribution >= 0.6 is 0 Å². The summed E-state index contributed by atoms with van der Waals surface area (Å²) in [4.78, 5) is 25.2. The summed E-state index contributed by atoms with van der Waals surface area (Å²) in [6, 6.07) is 7.95. The number of nitrogens with zero attached hydrogens (tertiary/aromatic N) is 2. The van der Waals surface area contributed by atoms with Gasteiger partial charge < -0.3 is 5.32 Å². The molecule has 1 amide bonds. The van der Waals surface area contributed by atoms with Gasteiger partial charge in [0.2, 0.25) is 5.91 Å². The number of carbonyl (C=O) groups excluding carboxylic acids is 1. The van der Waals surface area contributed by atoms with Crippen LogP contribution in [0, 0.1) is 5.92 Å². The topological polar surface area (TPSA) is 56.0 Å². The molecule has 1 aliphatic carbocycles. The normalized spacial score (nSPS) is 21.1. The Bertz CT molecular complexity index is 775. The Hall–Kier alpha value is -2.04. The molecule has 5 nitrogen and oxygen atoms in total. The number of rotatable bonds is 5. The molecule has 0 unspecified atom stereocenters. The summed E-state index contributed by atoms with van der Waals surface area (Å²) < 4.78 is 3.37. The van der Waals surface area contributed by atoms with Crippen molar-refractivity contribution in [2.24, 2.45) is 5.92 Å². The first-order chi connectivity index (χ1) is 11.6. The molecule has 1 aliphatic rings. The van der Waals surface area contributed by atoms with E-state index in [9.17, 15) is 9.59 Å². The van der Waals surface area contributed by atoms with Crippen LogP contribution in [-0.4, -0.2) is 21.1 Å². The summed E-state index contributed by atoms with van der Waals surface area (Å²) in [7, 11) is 0. The van der Waals surface area contributed by atoms with E-state index in [1.165, 1.54) is 19.3 Å². The smallest absolute Gasteiger partial charge is 0.329 e. The molecule has 1 saturated carbocycles. The van der Waals surface area contributed by atoms with Gasteiger partial charge in [-0.1, -0.05) is 38.8 Å². The third kappa shape index (κ3) is 3.25. The molecular weight excluding hydrogens is 302 g/mol. The molecule has 1 aromatic heterocycles. The van der Waals surface area contributed by atoms with E-state index in [4.69, 9.17) is 0 Å². The lowest BCUT2D eigenvalue weighted by molar-refractivity contribution is -0.122. The lowest BCUT2D eigenvalue weighted by atomic mass is 9.86. The highest BCUT2D eigenvalue weighted by Gasteiger charge is 2.23. The van der Waals surface area contributed by atoms with Crippen LogP contribution < -0.4 is 11.0 Å². The second-order valence-electron chi connectivity index (χ2n) is 6.94. The third-order valence-corrected chi connectivity index (χ3v) is 5.13. The molecule has 5 heteroatoms. The summed E-state index contributed by atoms with van der Waals surface area (Å²) >= 11 is 0. The minimum Gasteiger partial charge on any atom is -0.352 e. The first kappa shape index (κ1) is 16.8. The number of nitrogens with one attached hydrogen (secondary N) is 1. The summed E-state index contributed by atoms with van der Waals surface area (Å²) in [6.45, 7) is 5.02. The van der Waals surface area contributed by atoms with Crippen molar-refractivity contribution in [1.29, 1.82) is 0 Å². The van der Waals surface area contributed by atoms with E-state index >= 15 is 0 Å². The van der Waals surface area contributed by atoms with Gasteiger partial charge >= 0.3 is 5.69 Å². The first-order valence-electron chi connectivity index (χ1n) is 9.09. The van der Waals surface area contributed by atoms with Crippen molar-refractivity contribution in [3.63, 3.8) is 0 Å². The summed E-state index contributed by atoms with van der Waals surface area (Å²) in [6.07, 6.45) is 5.52. The van der Waals surface area contributed by atoms with Gasteiger partial charge in [-0.25, -0.2) is 4.79 Å². The Balaban J connectivity index is 1.83. The van der Waals surface area contributed by atoms with Crippen LogP contribution in [0.25, 0.3) is 11.0 Å². The van der Waals surface area contributed by atoms with Gasteiger partial charge in [0.15, 0.2) is 0 Å². The van der Waals surface area contributed by atoms with Gasteiger partial charge in [-0.15, -0.1) is 0 Å². The standard InChI is InChI=1S/C19H27N3O2/c1-3-12-21-16-10-6-7-11-17(16)22(19(21)24)13-18(23)20-15-9-5-4-8-14(15)2/h6-7,10-11,14-15H,3-5,8-9,12-13H2,1-2H3,(H,20,23)/t14-,15+/m0/s1. The van der Waals surface area contributed by atoms with Crippen molar-refractivity contribution in [3.8, 4) is 0 Å². The Labute approximate surface area is 142 Å². The van der Waals surface area contributed by atoms with E-state index < -0.39 is 0 Å². The molecule has 1 heterocycles. The van der Waals surface area contributed by atoms with Gasteiger partial charge in [0, 0.05) is 12.6 Å². The van der Waals surface area contributed by atoms with Crippen LogP contribution in [0.15, 0.2) is 29.1 Å². The average Bonchev–Trinajstić information content (AvgIpc) is 2.83. The van der Waals surface area contributed by atoms with Gasteiger partial charge in [-0.3, -0.25) is 13.9 Å². The maximum Gasteiger partial charge on any atom is 0.329 e. The lowest BCUT2D eigenvalue weighted by Crippen LogP contribution is -2.43. The zero-order valence-corrected chi connectivity index (χ0v) is 14.6. The lowest BCUT2D eigenvalue weighted by Gasteiger charge is -2.29. The van der Waals surface area contributed by atoms with E-state index in [0.29, 0.717) is 12.5 Å². The molecule has 130 valence electrons. The van der Waals surface area contributed by atoms with Crippen LogP contribution in [0.4, 0.5) is 0 Å². The molecule has 1 fully saturated rings. The van der Waals surface area contributed by atoms with Crippen molar-refractivity contribution in [3.05, 3.63) is 34.7 Å². The van der Waals surface area contributed by atoms with Crippen LogP contribution in [0.2, 0.25) is 0 Å². The Morgan fingerprint density at radius 1 is 1.17 bits per heavy atom. The van der Waals surface area contributed by atoms with Gasteiger partial charge in [-0.2, -0.15) is 0 Å². The van der Waals surface area contributed by atoms with Crippen molar-refractivity contribution >= 4 is 16.9 Å². The molecule has 0 spiro atoms. The van der Waals surface area contributed by atoms with E-state index in [-0.39, 0.29) is 24.2 Å². The first-order valence-corrected chi connectivity index (χ1v) is 9.09. The maximum absolute atomic E-state index is 12.7. The van der Waals surface area contributed by atoms with Crippen molar-refractivity contribution < 1.29 is 4.79 Å². The number of para-hydroxylation sites is 2. The minimum absolute atomic E-state index is 0.0600. The molecule has 1 aromatic carbocycles. The van der Waals surface area contributed by atoms with E-state index in [1.54, 1.807) is 9.13 Å². The number of hydrogen-bond acceptors (Lipinski definition) is 2. The van der Waals surface area contributed by atoms with E-state index in [0.717, 1.165) is 23.9 Å². The van der Waals surface area contributed by atoms with Crippen LogP contribution in [-0.2, 0) is 17.9 Å². The molecule has 2 atom stereocenters. The number of aryl methyl sites for hydroxylation is 1. The highest BCUT2D eigenvalue weighted by molar-refractivity contribution is 5.81. The maximum atomic E-state index is 12.7. The average molecular weight is 329 g/mol. The van der Waals surface area contributed by atoms with Crippen LogP contribution in [0.5, 0.6) is 0 Å². The fourth-order valence-electron chi connectivity index (χ4n) is 3.79. The second kappa shape index (κ2) is 7.24. The molecule has 0 bridgehead atoms. The molecule has 0 saturated heterocycles. The number of carbonyl (C=O) groups is 1. The number of aromatic nitrogens is 2.